The van der Waals surface area contributed by atoms with Crippen molar-refractivity contribution in [1.29, 1.82) is 5.26 Å². The number of hydrogen-bond donors (Lipinski definition) is 0. The highest BCUT2D eigenvalue weighted by Crippen LogP contribution is 2.41. The Morgan fingerprint density at radius 3 is 2.64 bits per heavy atom. The summed E-state index contributed by atoms with van der Waals surface area (Å²) in [6.07, 6.45) is 6.42. The van der Waals surface area contributed by atoms with Gasteiger partial charge in [0.1, 0.15) is 5.82 Å². The van der Waals surface area contributed by atoms with Crippen molar-refractivity contribution in [2.75, 3.05) is 31.1 Å². The molecule has 144 valence electrons. The Labute approximate surface area is 166 Å². The Morgan fingerprint density at radius 1 is 1.11 bits per heavy atom. The first-order chi connectivity index (χ1) is 13.7. The molecule has 5 nitrogen and oxygen atoms in total. The number of nitrogens with zero attached hydrogens (tertiary/aromatic N) is 4. The van der Waals surface area contributed by atoms with Crippen LogP contribution < -0.4 is 4.90 Å². The van der Waals surface area contributed by atoms with E-state index in [2.05, 4.69) is 45.1 Å². The Kier molecular flexibility index (Phi) is 5.29. The first-order valence-electron chi connectivity index (χ1n) is 10.1. The van der Waals surface area contributed by atoms with Crippen LogP contribution in [0.15, 0.2) is 48.7 Å². The Bertz CT molecular complexity index is 866. The van der Waals surface area contributed by atoms with E-state index in [0.29, 0.717) is 17.9 Å². The van der Waals surface area contributed by atoms with Crippen LogP contribution in [0, 0.1) is 16.7 Å². The third kappa shape index (κ3) is 4.01. The van der Waals surface area contributed by atoms with Gasteiger partial charge in [0, 0.05) is 38.8 Å². The number of benzene rings is 1. The molecule has 1 aromatic heterocycles. The van der Waals surface area contributed by atoms with Crippen LogP contribution in [0.25, 0.3) is 0 Å². The van der Waals surface area contributed by atoms with Crippen LogP contribution in [-0.2, 0) is 11.2 Å². The fourth-order valence-corrected chi connectivity index (χ4v) is 4.49. The molecule has 1 spiro atoms. The van der Waals surface area contributed by atoms with Crippen LogP contribution >= 0.6 is 0 Å². The third-order valence-electron chi connectivity index (χ3n) is 6.28. The summed E-state index contributed by atoms with van der Waals surface area (Å²) in [4.78, 5) is 21.3. The summed E-state index contributed by atoms with van der Waals surface area (Å²) >= 11 is 0. The minimum atomic E-state index is 0.230. The molecule has 2 aromatic rings. The molecular formula is C23H26N4O. The summed E-state index contributed by atoms with van der Waals surface area (Å²) in [5, 5.41) is 9.11. The average Bonchev–Trinajstić information content (AvgIpc) is 2.76. The summed E-state index contributed by atoms with van der Waals surface area (Å²) in [5.74, 6) is 1.19. The highest BCUT2D eigenvalue weighted by molar-refractivity contribution is 5.77. The van der Waals surface area contributed by atoms with Crippen molar-refractivity contribution in [3.8, 4) is 6.07 Å². The topological polar surface area (TPSA) is 60.2 Å². The van der Waals surface area contributed by atoms with Crippen molar-refractivity contribution < 1.29 is 4.79 Å². The maximum absolute atomic E-state index is 12.5. The second-order valence-electron chi connectivity index (χ2n) is 8.05. The van der Waals surface area contributed by atoms with Crippen molar-refractivity contribution in [2.24, 2.45) is 5.41 Å². The largest absolute Gasteiger partial charge is 0.357 e. The van der Waals surface area contributed by atoms with Crippen LogP contribution in [0.3, 0.4) is 0 Å². The SMILES string of the molecule is N#Cc1ccnc(N2CCC3(CCC(=O)N(CCc4ccccc4)C3)CC2)c1. The van der Waals surface area contributed by atoms with Crippen molar-refractivity contribution in [2.45, 2.75) is 32.1 Å². The zero-order valence-corrected chi connectivity index (χ0v) is 16.2. The third-order valence-corrected chi connectivity index (χ3v) is 6.28. The molecule has 5 heteroatoms. The molecule has 4 rings (SSSR count). The summed E-state index contributed by atoms with van der Waals surface area (Å²) in [5.41, 5.74) is 2.17. The first kappa shape index (κ1) is 18.5. The highest BCUT2D eigenvalue weighted by atomic mass is 16.2. The quantitative estimate of drug-likeness (QED) is 0.823. The smallest absolute Gasteiger partial charge is 0.222 e. The number of nitriles is 1. The van der Waals surface area contributed by atoms with Gasteiger partial charge < -0.3 is 9.80 Å². The normalized spacial score (nSPS) is 18.9. The van der Waals surface area contributed by atoms with E-state index < -0.39 is 0 Å². The minimum Gasteiger partial charge on any atom is -0.357 e. The lowest BCUT2D eigenvalue weighted by Crippen LogP contribution is -2.52. The number of aromatic nitrogens is 1. The Balaban J connectivity index is 1.37. The van der Waals surface area contributed by atoms with Gasteiger partial charge in [-0.1, -0.05) is 30.3 Å². The lowest BCUT2D eigenvalue weighted by Gasteiger charge is -2.47. The summed E-state index contributed by atoms with van der Waals surface area (Å²) < 4.78 is 0. The average molecular weight is 374 g/mol. The van der Waals surface area contributed by atoms with Gasteiger partial charge in [-0.2, -0.15) is 5.26 Å². The number of likely N-dealkylation sites (tertiary alicyclic amines) is 1. The van der Waals surface area contributed by atoms with Crippen LogP contribution in [0.4, 0.5) is 5.82 Å². The van der Waals surface area contributed by atoms with E-state index in [-0.39, 0.29) is 5.41 Å². The molecule has 0 aliphatic carbocycles. The number of carbonyl (C=O) groups excluding carboxylic acids is 1. The van der Waals surface area contributed by atoms with E-state index in [1.807, 2.05) is 12.1 Å². The predicted octanol–water partition coefficient (Wildman–Crippen LogP) is 3.40. The van der Waals surface area contributed by atoms with Gasteiger partial charge in [-0.3, -0.25) is 4.79 Å². The maximum atomic E-state index is 12.5. The van der Waals surface area contributed by atoms with Gasteiger partial charge in [0.25, 0.3) is 0 Å². The van der Waals surface area contributed by atoms with Gasteiger partial charge in [0.15, 0.2) is 0 Å². The minimum absolute atomic E-state index is 0.230. The lowest BCUT2D eigenvalue weighted by atomic mass is 9.72. The van der Waals surface area contributed by atoms with Crippen LogP contribution in [0.2, 0.25) is 0 Å². The number of hydrogen-bond acceptors (Lipinski definition) is 4. The molecule has 0 saturated carbocycles. The standard InChI is InChI=1S/C23H26N4O/c24-17-20-7-12-25-21(16-20)26-14-10-23(11-15-26)9-6-22(28)27(18-23)13-8-19-4-2-1-3-5-19/h1-5,7,12,16H,6,8-11,13-15,18H2. The molecule has 2 aliphatic rings. The molecule has 3 heterocycles. The summed E-state index contributed by atoms with van der Waals surface area (Å²) in [7, 11) is 0. The first-order valence-corrected chi connectivity index (χ1v) is 10.1. The number of pyridine rings is 1. The second kappa shape index (κ2) is 8.02. The monoisotopic (exact) mass is 374 g/mol. The fourth-order valence-electron chi connectivity index (χ4n) is 4.49. The van der Waals surface area contributed by atoms with Gasteiger partial charge >= 0.3 is 0 Å². The molecule has 0 N–H and O–H groups in total. The van der Waals surface area contributed by atoms with Crippen molar-refractivity contribution in [1.82, 2.24) is 9.88 Å². The number of amides is 1. The van der Waals surface area contributed by atoms with Gasteiger partial charge in [-0.05, 0) is 48.8 Å². The van der Waals surface area contributed by atoms with Crippen LogP contribution in [0.5, 0.6) is 0 Å². The predicted molar refractivity (Wildman–Crippen MR) is 109 cm³/mol. The molecule has 0 radical (unpaired) electrons. The lowest BCUT2D eigenvalue weighted by molar-refractivity contribution is -0.138. The fraction of sp³-hybridized carbons (Fsp3) is 0.435. The molecule has 28 heavy (non-hydrogen) atoms. The number of rotatable bonds is 4. The molecule has 0 bridgehead atoms. The van der Waals surface area contributed by atoms with E-state index in [0.717, 1.165) is 57.7 Å². The molecular weight excluding hydrogens is 348 g/mol. The number of piperidine rings is 2. The van der Waals surface area contributed by atoms with E-state index in [9.17, 15) is 4.79 Å². The summed E-state index contributed by atoms with van der Waals surface area (Å²) in [6, 6.07) is 16.2. The van der Waals surface area contributed by atoms with Gasteiger partial charge in [-0.15, -0.1) is 0 Å². The van der Waals surface area contributed by atoms with E-state index in [4.69, 9.17) is 5.26 Å². The highest BCUT2D eigenvalue weighted by Gasteiger charge is 2.41. The molecule has 1 aromatic carbocycles. The van der Waals surface area contributed by atoms with Crippen molar-refractivity contribution in [3.63, 3.8) is 0 Å². The molecule has 2 aliphatic heterocycles. The molecule has 2 fully saturated rings. The number of anilines is 1. The van der Waals surface area contributed by atoms with Crippen molar-refractivity contribution in [3.05, 3.63) is 59.8 Å². The zero-order valence-electron chi connectivity index (χ0n) is 16.2. The van der Waals surface area contributed by atoms with Crippen molar-refractivity contribution >= 4 is 11.7 Å². The Hall–Kier alpha value is -2.87. The van der Waals surface area contributed by atoms with Gasteiger partial charge in [0.2, 0.25) is 5.91 Å². The molecule has 0 unspecified atom stereocenters. The second-order valence-corrected chi connectivity index (χ2v) is 8.05. The Morgan fingerprint density at radius 2 is 1.89 bits per heavy atom. The maximum Gasteiger partial charge on any atom is 0.222 e. The van der Waals surface area contributed by atoms with Gasteiger partial charge in [-0.25, -0.2) is 4.98 Å². The molecule has 0 atom stereocenters. The van der Waals surface area contributed by atoms with E-state index in [1.54, 1.807) is 12.3 Å². The van der Waals surface area contributed by atoms with E-state index in [1.165, 1.54) is 5.56 Å². The summed E-state index contributed by atoms with van der Waals surface area (Å²) in [6.45, 7) is 3.55. The molecule has 1 amide bonds. The molecule has 2 saturated heterocycles. The van der Waals surface area contributed by atoms with Gasteiger partial charge in [0.05, 0.1) is 11.6 Å². The van der Waals surface area contributed by atoms with Crippen LogP contribution in [-0.4, -0.2) is 42.0 Å². The van der Waals surface area contributed by atoms with E-state index >= 15 is 0 Å². The number of carbonyl (C=O) groups is 1. The van der Waals surface area contributed by atoms with Crippen LogP contribution in [0.1, 0.15) is 36.8 Å². The zero-order chi connectivity index (χ0) is 19.4.